The first kappa shape index (κ1) is 15.4. The molecular weight excluding hydrogens is 296 g/mol. The van der Waals surface area contributed by atoms with Crippen LogP contribution < -0.4 is 5.32 Å². The van der Waals surface area contributed by atoms with Crippen LogP contribution in [0.2, 0.25) is 0 Å². The Morgan fingerprint density at radius 3 is 2.30 bits per heavy atom. The van der Waals surface area contributed by atoms with Gasteiger partial charge in [-0.15, -0.1) is 0 Å². The van der Waals surface area contributed by atoms with Crippen LogP contribution in [0.25, 0.3) is 0 Å². The number of benzene rings is 1. The van der Waals surface area contributed by atoms with Crippen LogP contribution in [0.1, 0.15) is 38.7 Å². The Balaban J connectivity index is 1.99. The number of nitrogens with zero attached hydrogens (tertiary/aromatic N) is 1. The zero-order valence-corrected chi connectivity index (χ0v) is 13.1. The smallest absolute Gasteiger partial charge is 0.252 e. The summed E-state index contributed by atoms with van der Waals surface area (Å²) in [4.78, 5) is 50.3. The highest BCUT2D eigenvalue weighted by Crippen LogP contribution is 2.41. The highest BCUT2D eigenvalue weighted by Gasteiger charge is 2.58. The lowest BCUT2D eigenvalue weighted by Gasteiger charge is -2.39. The average molecular weight is 314 g/mol. The second-order valence-electron chi connectivity index (χ2n) is 6.56. The van der Waals surface area contributed by atoms with Crippen LogP contribution in [0.3, 0.4) is 0 Å². The van der Waals surface area contributed by atoms with Crippen LogP contribution >= 0.6 is 0 Å². The third kappa shape index (κ3) is 2.17. The Bertz CT molecular complexity index is 715. The molecule has 2 heterocycles. The van der Waals surface area contributed by atoms with E-state index in [1.165, 1.54) is 0 Å². The fraction of sp³-hybridized carbons (Fsp3) is 0.412. The summed E-state index contributed by atoms with van der Waals surface area (Å²) in [5, 5.41) is 2.23. The molecule has 2 unspecified atom stereocenters. The Kier molecular flexibility index (Phi) is 3.35. The number of carbonyl (C=O) groups is 4. The summed E-state index contributed by atoms with van der Waals surface area (Å²) < 4.78 is 0. The second kappa shape index (κ2) is 5.01. The van der Waals surface area contributed by atoms with Gasteiger partial charge in [0.25, 0.3) is 5.91 Å². The third-order valence-corrected chi connectivity index (χ3v) is 4.91. The summed E-state index contributed by atoms with van der Waals surface area (Å²) in [6.45, 7) is 3.26. The van der Waals surface area contributed by atoms with Gasteiger partial charge >= 0.3 is 0 Å². The van der Waals surface area contributed by atoms with Gasteiger partial charge in [0.15, 0.2) is 0 Å². The molecule has 0 spiro atoms. The van der Waals surface area contributed by atoms with Gasteiger partial charge in [0, 0.05) is 12.8 Å². The molecule has 23 heavy (non-hydrogen) atoms. The normalized spacial score (nSPS) is 31.5. The molecule has 0 aliphatic carbocycles. The van der Waals surface area contributed by atoms with Gasteiger partial charge in [-0.1, -0.05) is 30.3 Å². The number of rotatable bonds is 2. The number of amides is 4. The molecule has 2 saturated heterocycles. The molecule has 1 aromatic rings. The van der Waals surface area contributed by atoms with Crippen LogP contribution in [0, 0.1) is 0 Å². The lowest BCUT2D eigenvalue weighted by Crippen LogP contribution is -2.63. The fourth-order valence-corrected chi connectivity index (χ4v) is 3.36. The average Bonchev–Trinajstić information content (AvgIpc) is 2.76. The summed E-state index contributed by atoms with van der Waals surface area (Å²) in [5.74, 6) is -1.74. The third-order valence-electron chi connectivity index (χ3n) is 4.91. The van der Waals surface area contributed by atoms with Crippen molar-refractivity contribution in [3.8, 4) is 0 Å². The molecule has 1 N–H and O–H groups in total. The summed E-state index contributed by atoms with van der Waals surface area (Å²) in [5.41, 5.74) is -1.55. The van der Waals surface area contributed by atoms with Crippen molar-refractivity contribution < 1.29 is 19.2 Å². The van der Waals surface area contributed by atoms with Crippen LogP contribution in [0.15, 0.2) is 30.3 Å². The number of piperidine rings is 1. The quantitative estimate of drug-likeness (QED) is 0.822. The largest absolute Gasteiger partial charge is 0.294 e. The Morgan fingerprint density at radius 1 is 1.04 bits per heavy atom. The van der Waals surface area contributed by atoms with Crippen molar-refractivity contribution in [2.75, 3.05) is 0 Å². The van der Waals surface area contributed by atoms with Gasteiger partial charge in [0.1, 0.15) is 5.54 Å². The molecule has 0 aromatic heterocycles. The first-order chi connectivity index (χ1) is 10.8. The molecule has 1 aromatic carbocycles. The van der Waals surface area contributed by atoms with Crippen molar-refractivity contribution in [2.45, 2.75) is 44.1 Å². The molecule has 6 heteroatoms. The van der Waals surface area contributed by atoms with Gasteiger partial charge in [0.2, 0.25) is 17.7 Å². The summed E-state index contributed by atoms with van der Waals surface area (Å²) in [6.07, 6.45) is 0.286. The number of imide groups is 2. The van der Waals surface area contributed by atoms with E-state index in [0.29, 0.717) is 0 Å². The Morgan fingerprint density at radius 2 is 1.70 bits per heavy atom. The lowest BCUT2D eigenvalue weighted by atomic mass is 9.80. The molecule has 2 atom stereocenters. The van der Waals surface area contributed by atoms with Crippen LogP contribution in [-0.4, -0.2) is 34.1 Å². The molecule has 4 amide bonds. The number of carbonyl (C=O) groups excluding carboxylic acids is 4. The van der Waals surface area contributed by atoms with E-state index in [1.807, 2.05) is 30.3 Å². The summed E-state index contributed by atoms with van der Waals surface area (Å²) in [7, 11) is 0. The van der Waals surface area contributed by atoms with Crippen molar-refractivity contribution in [1.82, 2.24) is 10.2 Å². The molecule has 2 fully saturated rings. The van der Waals surface area contributed by atoms with Crippen molar-refractivity contribution in [3.63, 3.8) is 0 Å². The van der Waals surface area contributed by atoms with Crippen LogP contribution in [-0.2, 0) is 24.6 Å². The predicted octanol–water partition coefficient (Wildman–Crippen LogP) is 0.898. The van der Waals surface area contributed by atoms with E-state index in [2.05, 4.69) is 5.32 Å². The highest BCUT2D eigenvalue weighted by molar-refractivity contribution is 6.14. The van der Waals surface area contributed by atoms with E-state index in [4.69, 9.17) is 0 Å². The molecule has 2 aliphatic heterocycles. The van der Waals surface area contributed by atoms with Crippen LogP contribution in [0.4, 0.5) is 0 Å². The zero-order chi connectivity index (χ0) is 16.8. The molecule has 120 valence electrons. The van der Waals surface area contributed by atoms with Gasteiger partial charge in [-0.25, -0.2) is 0 Å². The lowest BCUT2D eigenvalue weighted by molar-refractivity contribution is -0.158. The maximum atomic E-state index is 13.0. The van der Waals surface area contributed by atoms with Crippen LogP contribution in [0.5, 0.6) is 0 Å². The van der Waals surface area contributed by atoms with E-state index in [1.54, 1.807) is 13.8 Å². The predicted molar refractivity (Wildman–Crippen MR) is 81.1 cm³/mol. The van der Waals surface area contributed by atoms with Crippen molar-refractivity contribution in [3.05, 3.63) is 35.9 Å². The molecule has 0 radical (unpaired) electrons. The first-order valence-corrected chi connectivity index (χ1v) is 7.56. The van der Waals surface area contributed by atoms with Gasteiger partial charge < -0.3 is 0 Å². The molecule has 0 bridgehead atoms. The standard InChI is InChI=1S/C17H18N2O4/c1-16(11-6-4-3-5-7-11)10-13(21)19(15(16)23)17(2)9-8-12(20)18-14(17)22/h3-7H,8-10H2,1-2H3,(H,18,20,22). The van der Waals surface area contributed by atoms with Gasteiger partial charge in [-0.3, -0.25) is 29.4 Å². The SMILES string of the molecule is CC1(c2ccccc2)CC(=O)N(C2(C)CCC(=O)NC2=O)C1=O. The molecular formula is C17H18N2O4. The number of likely N-dealkylation sites (tertiary alicyclic amines) is 1. The van der Waals surface area contributed by atoms with Crippen molar-refractivity contribution in [2.24, 2.45) is 0 Å². The Hall–Kier alpha value is -2.50. The minimum absolute atomic E-state index is 0.0205. The minimum Gasteiger partial charge on any atom is -0.294 e. The van der Waals surface area contributed by atoms with E-state index in [0.717, 1.165) is 10.5 Å². The number of nitrogens with one attached hydrogen (secondary N) is 1. The first-order valence-electron chi connectivity index (χ1n) is 7.56. The zero-order valence-electron chi connectivity index (χ0n) is 13.1. The maximum Gasteiger partial charge on any atom is 0.252 e. The summed E-state index contributed by atoms with van der Waals surface area (Å²) >= 11 is 0. The van der Waals surface area contributed by atoms with Gasteiger partial charge in [-0.05, 0) is 25.8 Å². The molecule has 2 aliphatic rings. The highest BCUT2D eigenvalue weighted by atomic mass is 16.2. The second-order valence-corrected chi connectivity index (χ2v) is 6.56. The van der Waals surface area contributed by atoms with E-state index in [-0.39, 0.29) is 37.0 Å². The topological polar surface area (TPSA) is 83.6 Å². The van der Waals surface area contributed by atoms with E-state index < -0.39 is 16.9 Å². The Labute approximate surface area is 133 Å². The van der Waals surface area contributed by atoms with Crippen molar-refractivity contribution in [1.29, 1.82) is 0 Å². The maximum absolute atomic E-state index is 13.0. The molecule has 0 saturated carbocycles. The molecule has 3 rings (SSSR count). The monoisotopic (exact) mass is 314 g/mol. The van der Waals surface area contributed by atoms with Crippen molar-refractivity contribution >= 4 is 23.6 Å². The van der Waals surface area contributed by atoms with Gasteiger partial charge in [-0.2, -0.15) is 0 Å². The number of hydrogen-bond donors (Lipinski definition) is 1. The minimum atomic E-state index is -1.31. The fourth-order valence-electron chi connectivity index (χ4n) is 3.36. The number of hydrogen-bond acceptors (Lipinski definition) is 4. The molecule has 6 nitrogen and oxygen atoms in total. The van der Waals surface area contributed by atoms with E-state index in [9.17, 15) is 19.2 Å². The van der Waals surface area contributed by atoms with Gasteiger partial charge in [0.05, 0.1) is 5.41 Å². The summed E-state index contributed by atoms with van der Waals surface area (Å²) in [6, 6.07) is 9.08. The van der Waals surface area contributed by atoms with E-state index >= 15 is 0 Å².